The van der Waals surface area contributed by atoms with Crippen LogP contribution in [0.4, 0.5) is 0 Å². The number of hydrogen-bond acceptors (Lipinski definition) is 4. The van der Waals surface area contributed by atoms with Crippen molar-refractivity contribution in [3.63, 3.8) is 0 Å². The van der Waals surface area contributed by atoms with Gasteiger partial charge in [-0.05, 0) is 46.0 Å². The molecule has 0 aliphatic heterocycles. The maximum absolute atomic E-state index is 12.2. The molecule has 2 atom stereocenters. The fourth-order valence-electron chi connectivity index (χ4n) is 2.39. The first-order chi connectivity index (χ1) is 9.00. The van der Waals surface area contributed by atoms with Crippen molar-refractivity contribution < 1.29 is 19.1 Å². The molecule has 0 amide bonds. The van der Waals surface area contributed by atoms with Gasteiger partial charge < -0.3 is 9.47 Å². The number of rotatable bonds is 4. The lowest BCUT2D eigenvalue weighted by atomic mass is 10.1. The normalized spacial score (nSPS) is 25.1. The van der Waals surface area contributed by atoms with Crippen LogP contribution < -0.4 is 0 Å². The van der Waals surface area contributed by atoms with Gasteiger partial charge in [-0.15, -0.1) is 0 Å². The van der Waals surface area contributed by atoms with Gasteiger partial charge in [-0.1, -0.05) is 19.9 Å². The molecule has 1 rings (SSSR count). The van der Waals surface area contributed by atoms with Crippen LogP contribution in [0.5, 0.6) is 0 Å². The lowest BCUT2D eigenvalue weighted by molar-refractivity contribution is -0.157. The van der Waals surface area contributed by atoms with Crippen molar-refractivity contribution in [2.75, 3.05) is 6.61 Å². The van der Waals surface area contributed by atoms with Crippen molar-refractivity contribution in [1.82, 2.24) is 0 Å². The van der Waals surface area contributed by atoms with Crippen LogP contribution in [0, 0.1) is 17.3 Å². The summed E-state index contributed by atoms with van der Waals surface area (Å²) >= 11 is 0. The monoisotopic (exact) mass is 282 g/mol. The van der Waals surface area contributed by atoms with Crippen LogP contribution >= 0.6 is 0 Å². The number of carbonyl (C=O) groups is 2. The predicted molar refractivity (Wildman–Crippen MR) is 77.0 cm³/mol. The predicted octanol–water partition coefficient (Wildman–Crippen LogP) is 3.11. The van der Waals surface area contributed by atoms with Gasteiger partial charge in [0, 0.05) is 5.57 Å². The summed E-state index contributed by atoms with van der Waals surface area (Å²) in [6, 6.07) is 0. The summed E-state index contributed by atoms with van der Waals surface area (Å²) in [5.74, 6) is -0.675. The van der Waals surface area contributed by atoms with Crippen LogP contribution in [0.2, 0.25) is 0 Å². The summed E-state index contributed by atoms with van der Waals surface area (Å²) < 4.78 is 10.4. The molecular formula is C16H26O4. The van der Waals surface area contributed by atoms with Gasteiger partial charge in [-0.2, -0.15) is 0 Å². The Morgan fingerprint density at radius 1 is 1.25 bits per heavy atom. The summed E-state index contributed by atoms with van der Waals surface area (Å²) in [5, 5.41) is 0. The van der Waals surface area contributed by atoms with Crippen LogP contribution in [-0.4, -0.2) is 24.1 Å². The highest BCUT2D eigenvalue weighted by atomic mass is 16.6. The highest BCUT2D eigenvalue weighted by Gasteiger charge is 2.62. The molecule has 0 aromatic heterocycles. The lowest BCUT2D eigenvalue weighted by Crippen LogP contribution is -2.26. The first-order valence-corrected chi connectivity index (χ1v) is 7.09. The van der Waals surface area contributed by atoms with Gasteiger partial charge in [0.25, 0.3) is 0 Å². The fourth-order valence-corrected chi connectivity index (χ4v) is 2.39. The Morgan fingerprint density at radius 2 is 1.80 bits per heavy atom. The molecule has 1 aliphatic carbocycles. The number of ether oxygens (including phenoxy) is 2. The SMILES string of the molecule is CCOC(=O)/C(C)=C/[C@H]1[C@H](C(=O)OC(C)(C)C)C1(C)C. The molecule has 4 nitrogen and oxygen atoms in total. The number of carbonyl (C=O) groups excluding carboxylic acids is 2. The van der Waals surface area contributed by atoms with Gasteiger partial charge in [0.1, 0.15) is 5.60 Å². The van der Waals surface area contributed by atoms with Crippen LogP contribution in [0.15, 0.2) is 11.6 Å². The zero-order valence-electron chi connectivity index (χ0n) is 13.6. The second-order valence-corrected chi connectivity index (χ2v) is 6.93. The van der Waals surface area contributed by atoms with Crippen molar-refractivity contribution in [2.45, 2.75) is 54.1 Å². The number of hydrogen-bond donors (Lipinski definition) is 0. The van der Waals surface area contributed by atoms with E-state index in [4.69, 9.17) is 9.47 Å². The van der Waals surface area contributed by atoms with Crippen LogP contribution in [0.3, 0.4) is 0 Å². The minimum absolute atomic E-state index is 0.0294. The van der Waals surface area contributed by atoms with Gasteiger partial charge in [0.2, 0.25) is 0 Å². The summed E-state index contributed by atoms with van der Waals surface area (Å²) in [4.78, 5) is 23.8. The fraction of sp³-hybridized carbons (Fsp3) is 0.750. The third kappa shape index (κ3) is 3.84. The van der Waals surface area contributed by atoms with Crippen molar-refractivity contribution in [2.24, 2.45) is 17.3 Å². The molecule has 0 N–H and O–H groups in total. The second-order valence-electron chi connectivity index (χ2n) is 6.93. The Kier molecular flexibility index (Phi) is 4.67. The van der Waals surface area contributed by atoms with Gasteiger partial charge in [-0.25, -0.2) is 4.79 Å². The van der Waals surface area contributed by atoms with E-state index in [0.29, 0.717) is 12.2 Å². The average Bonchev–Trinajstić information content (AvgIpc) is 2.78. The zero-order valence-corrected chi connectivity index (χ0v) is 13.6. The molecule has 0 aromatic rings. The molecule has 1 fully saturated rings. The van der Waals surface area contributed by atoms with Crippen LogP contribution in [0.25, 0.3) is 0 Å². The van der Waals surface area contributed by atoms with E-state index < -0.39 is 5.60 Å². The van der Waals surface area contributed by atoms with Crippen molar-refractivity contribution in [1.29, 1.82) is 0 Å². The molecule has 0 bridgehead atoms. The largest absolute Gasteiger partial charge is 0.463 e. The Balaban J connectivity index is 2.76. The second kappa shape index (κ2) is 5.58. The highest BCUT2D eigenvalue weighted by Crippen LogP contribution is 2.60. The zero-order chi connectivity index (χ0) is 15.7. The first-order valence-electron chi connectivity index (χ1n) is 7.09. The molecule has 0 heterocycles. The van der Waals surface area contributed by atoms with E-state index in [2.05, 4.69) is 0 Å². The third-order valence-corrected chi connectivity index (χ3v) is 3.60. The molecule has 0 radical (unpaired) electrons. The quantitative estimate of drug-likeness (QED) is 0.587. The van der Waals surface area contributed by atoms with E-state index in [1.165, 1.54) is 0 Å². The number of esters is 2. The van der Waals surface area contributed by atoms with Gasteiger partial charge in [0.05, 0.1) is 12.5 Å². The Morgan fingerprint density at radius 3 is 2.25 bits per heavy atom. The molecule has 0 aromatic carbocycles. The molecular weight excluding hydrogens is 256 g/mol. The lowest BCUT2D eigenvalue weighted by Gasteiger charge is -2.19. The molecule has 0 spiro atoms. The molecule has 4 heteroatoms. The van der Waals surface area contributed by atoms with E-state index >= 15 is 0 Å². The smallest absolute Gasteiger partial charge is 0.333 e. The van der Waals surface area contributed by atoms with E-state index in [1.54, 1.807) is 13.8 Å². The highest BCUT2D eigenvalue weighted by molar-refractivity contribution is 5.88. The average molecular weight is 282 g/mol. The molecule has 1 saturated carbocycles. The molecule has 0 unspecified atom stereocenters. The van der Waals surface area contributed by atoms with E-state index in [0.717, 1.165) is 0 Å². The van der Waals surface area contributed by atoms with Crippen LogP contribution in [-0.2, 0) is 19.1 Å². The van der Waals surface area contributed by atoms with E-state index in [9.17, 15) is 9.59 Å². The molecule has 1 aliphatic rings. The van der Waals surface area contributed by atoms with Gasteiger partial charge in [0.15, 0.2) is 0 Å². The summed E-state index contributed by atoms with van der Waals surface area (Å²) in [6.07, 6.45) is 1.84. The van der Waals surface area contributed by atoms with Crippen molar-refractivity contribution in [3.8, 4) is 0 Å². The van der Waals surface area contributed by atoms with E-state index in [1.807, 2.05) is 40.7 Å². The van der Waals surface area contributed by atoms with Crippen molar-refractivity contribution >= 4 is 11.9 Å². The minimum atomic E-state index is -0.486. The first kappa shape index (κ1) is 16.7. The molecule has 0 saturated heterocycles. The summed E-state index contributed by atoms with van der Waals surface area (Å²) in [7, 11) is 0. The molecule has 20 heavy (non-hydrogen) atoms. The van der Waals surface area contributed by atoms with Gasteiger partial charge >= 0.3 is 11.9 Å². The number of allylic oxidation sites excluding steroid dienone is 1. The van der Waals surface area contributed by atoms with Crippen LogP contribution in [0.1, 0.15) is 48.5 Å². The Hall–Kier alpha value is -1.32. The van der Waals surface area contributed by atoms with Crippen molar-refractivity contribution in [3.05, 3.63) is 11.6 Å². The topological polar surface area (TPSA) is 52.6 Å². The Bertz CT molecular complexity index is 426. The minimum Gasteiger partial charge on any atom is -0.463 e. The Labute approximate surface area is 121 Å². The maximum Gasteiger partial charge on any atom is 0.333 e. The third-order valence-electron chi connectivity index (χ3n) is 3.60. The standard InChI is InChI=1S/C16H26O4/c1-8-19-13(17)10(2)9-11-12(16(11,6)7)14(18)20-15(3,4)5/h9,11-12H,8H2,1-7H3/b10-9+/t11-,12+/m0/s1. The summed E-state index contributed by atoms with van der Waals surface area (Å²) in [6.45, 7) is 13.4. The van der Waals surface area contributed by atoms with E-state index in [-0.39, 0.29) is 29.2 Å². The molecule has 114 valence electrons. The summed E-state index contributed by atoms with van der Waals surface area (Å²) in [5.41, 5.74) is -0.105. The van der Waals surface area contributed by atoms with Gasteiger partial charge in [-0.3, -0.25) is 4.79 Å². The maximum atomic E-state index is 12.2.